The van der Waals surface area contributed by atoms with E-state index in [0.29, 0.717) is 24.1 Å². The number of anilines is 1. The second-order valence-electron chi connectivity index (χ2n) is 6.98. The smallest absolute Gasteiger partial charge is 0.256 e. The summed E-state index contributed by atoms with van der Waals surface area (Å²) in [5.41, 5.74) is 0.513. The minimum Gasteiger partial charge on any atom is -0.308 e. The Morgan fingerprint density at radius 3 is 2.60 bits per heavy atom. The molecular formula is C19H17F3N4O3S. The van der Waals surface area contributed by atoms with Crippen LogP contribution in [0, 0.1) is 5.82 Å². The van der Waals surface area contributed by atoms with E-state index in [9.17, 15) is 26.4 Å². The highest BCUT2D eigenvalue weighted by atomic mass is 32.2. The zero-order valence-electron chi connectivity index (χ0n) is 15.5. The third-order valence-corrected chi connectivity index (χ3v) is 6.52. The number of nitrogens with one attached hydrogen (secondary N) is 1. The molecule has 1 saturated carbocycles. The Kier molecular flexibility index (Phi) is 5.14. The van der Waals surface area contributed by atoms with Gasteiger partial charge in [0.15, 0.2) is 0 Å². The van der Waals surface area contributed by atoms with Crippen molar-refractivity contribution in [2.24, 2.45) is 0 Å². The van der Waals surface area contributed by atoms with Crippen LogP contribution in [-0.2, 0) is 16.6 Å². The number of nitrogens with zero attached hydrogens (tertiary/aromatic N) is 3. The molecule has 2 heterocycles. The summed E-state index contributed by atoms with van der Waals surface area (Å²) in [7, 11) is -3.50. The van der Waals surface area contributed by atoms with Crippen LogP contribution in [0.15, 0.2) is 53.7 Å². The molecular weight excluding hydrogens is 421 g/mol. The lowest BCUT2D eigenvalue weighted by Crippen LogP contribution is -2.22. The average Bonchev–Trinajstić information content (AvgIpc) is 3.43. The minimum atomic E-state index is -3.50. The van der Waals surface area contributed by atoms with Gasteiger partial charge >= 0.3 is 0 Å². The molecule has 0 bridgehead atoms. The SMILES string of the molecule is O=c1ccc(-n2cc(-c3ccc(NS(=O)(=O)C4CC4)cc3F)cn2)cn1CC(F)F. The predicted molar refractivity (Wildman–Crippen MR) is 105 cm³/mol. The number of pyridine rings is 1. The zero-order valence-corrected chi connectivity index (χ0v) is 16.3. The van der Waals surface area contributed by atoms with Gasteiger partial charge in [0.1, 0.15) is 5.82 Å². The highest BCUT2D eigenvalue weighted by molar-refractivity contribution is 7.93. The molecule has 1 aliphatic carbocycles. The van der Waals surface area contributed by atoms with E-state index in [1.165, 1.54) is 41.5 Å². The maximum absolute atomic E-state index is 14.6. The lowest BCUT2D eigenvalue weighted by molar-refractivity contribution is 0.125. The van der Waals surface area contributed by atoms with Gasteiger partial charge in [0.25, 0.3) is 12.0 Å². The highest BCUT2D eigenvalue weighted by Crippen LogP contribution is 2.31. The first-order valence-corrected chi connectivity index (χ1v) is 10.6. The molecule has 0 atom stereocenters. The lowest BCUT2D eigenvalue weighted by Gasteiger charge is -2.09. The molecule has 0 spiro atoms. The Balaban J connectivity index is 1.59. The van der Waals surface area contributed by atoms with Gasteiger partial charge in [-0.1, -0.05) is 0 Å². The van der Waals surface area contributed by atoms with Crippen molar-refractivity contribution in [2.75, 3.05) is 4.72 Å². The van der Waals surface area contributed by atoms with E-state index >= 15 is 0 Å². The number of benzene rings is 1. The summed E-state index contributed by atoms with van der Waals surface area (Å²) in [6.45, 7) is -0.742. The van der Waals surface area contributed by atoms with Crippen LogP contribution >= 0.6 is 0 Å². The van der Waals surface area contributed by atoms with Gasteiger partial charge in [0, 0.05) is 29.6 Å². The molecule has 4 rings (SSSR count). The van der Waals surface area contributed by atoms with Crippen molar-refractivity contribution < 1.29 is 21.6 Å². The number of halogens is 3. The van der Waals surface area contributed by atoms with E-state index in [4.69, 9.17) is 0 Å². The van der Waals surface area contributed by atoms with E-state index in [1.807, 2.05) is 0 Å². The molecule has 1 N–H and O–H groups in total. The van der Waals surface area contributed by atoms with Crippen molar-refractivity contribution in [1.82, 2.24) is 14.3 Å². The fourth-order valence-corrected chi connectivity index (χ4v) is 4.37. The topological polar surface area (TPSA) is 86.0 Å². The maximum Gasteiger partial charge on any atom is 0.256 e. The summed E-state index contributed by atoms with van der Waals surface area (Å²) < 4.78 is 68.4. The number of sulfonamides is 1. The Bertz CT molecular complexity index is 1250. The van der Waals surface area contributed by atoms with E-state index in [1.54, 1.807) is 0 Å². The van der Waals surface area contributed by atoms with Crippen LogP contribution in [0.1, 0.15) is 12.8 Å². The Morgan fingerprint density at radius 2 is 1.93 bits per heavy atom. The van der Waals surface area contributed by atoms with Gasteiger partial charge in [-0.15, -0.1) is 0 Å². The van der Waals surface area contributed by atoms with Crippen molar-refractivity contribution >= 4 is 15.7 Å². The first kappa shape index (κ1) is 20.2. The van der Waals surface area contributed by atoms with Gasteiger partial charge in [-0.3, -0.25) is 9.52 Å². The van der Waals surface area contributed by atoms with Crippen LogP contribution < -0.4 is 10.3 Å². The monoisotopic (exact) mass is 438 g/mol. The van der Waals surface area contributed by atoms with Gasteiger partial charge in [0.05, 0.1) is 29.4 Å². The maximum atomic E-state index is 14.6. The molecule has 11 heteroatoms. The van der Waals surface area contributed by atoms with Crippen molar-refractivity contribution in [1.29, 1.82) is 0 Å². The average molecular weight is 438 g/mol. The molecule has 1 fully saturated rings. The van der Waals surface area contributed by atoms with E-state index in [2.05, 4.69) is 9.82 Å². The van der Waals surface area contributed by atoms with Gasteiger partial charge < -0.3 is 4.57 Å². The normalized spacial score (nSPS) is 14.3. The largest absolute Gasteiger partial charge is 0.308 e. The van der Waals surface area contributed by atoms with Gasteiger partial charge in [-0.2, -0.15) is 5.10 Å². The molecule has 0 amide bonds. The second kappa shape index (κ2) is 7.63. The van der Waals surface area contributed by atoms with Crippen molar-refractivity contribution in [3.63, 3.8) is 0 Å². The third-order valence-electron chi connectivity index (χ3n) is 4.65. The number of alkyl halides is 2. The Labute approximate surface area is 169 Å². The predicted octanol–water partition coefficient (Wildman–Crippen LogP) is 3.01. The molecule has 0 aliphatic heterocycles. The van der Waals surface area contributed by atoms with E-state index in [0.717, 1.165) is 16.7 Å². The molecule has 0 unspecified atom stereocenters. The van der Waals surface area contributed by atoms with Gasteiger partial charge in [0.2, 0.25) is 10.0 Å². The van der Waals surface area contributed by atoms with E-state index in [-0.39, 0.29) is 11.3 Å². The van der Waals surface area contributed by atoms with Crippen LogP contribution in [0.25, 0.3) is 16.8 Å². The fourth-order valence-electron chi connectivity index (χ4n) is 2.99. The van der Waals surface area contributed by atoms with Crippen LogP contribution in [0.2, 0.25) is 0 Å². The molecule has 2 aromatic heterocycles. The molecule has 30 heavy (non-hydrogen) atoms. The third kappa shape index (κ3) is 4.25. The number of hydrogen-bond donors (Lipinski definition) is 1. The lowest BCUT2D eigenvalue weighted by atomic mass is 10.1. The first-order valence-electron chi connectivity index (χ1n) is 9.08. The summed E-state index contributed by atoms with van der Waals surface area (Å²) >= 11 is 0. The van der Waals surface area contributed by atoms with Crippen molar-refractivity contribution in [3.8, 4) is 16.8 Å². The van der Waals surface area contributed by atoms with Crippen LogP contribution in [0.4, 0.5) is 18.9 Å². The van der Waals surface area contributed by atoms with Crippen LogP contribution in [0.5, 0.6) is 0 Å². The number of aromatic nitrogens is 3. The number of rotatable bonds is 7. The summed E-state index contributed by atoms with van der Waals surface area (Å²) in [4.78, 5) is 11.7. The van der Waals surface area contributed by atoms with Crippen molar-refractivity contribution in [3.05, 3.63) is 65.1 Å². The van der Waals surface area contributed by atoms with E-state index < -0.39 is 39.6 Å². The van der Waals surface area contributed by atoms with Gasteiger partial charge in [-0.25, -0.2) is 26.3 Å². The summed E-state index contributed by atoms with van der Waals surface area (Å²) in [5, 5.41) is 3.68. The summed E-state index contributed by atoms with van der Waals surface area (Å²) in [6.07, 6.45) is 2.63. The minimum absolute atomic E-state index is 0.134. The molecule has 0 saturated heterocycles. The van der Waals surface area contributed by atoms with Crippen molar-refractivity contribution in [2.45, 2.75) is 31.1 Å². The quantitative estimate of drug-likeness (QED) is 0.615. The Morgan fingerprint density at radius 1 is 1.17 bits per heavy atom. The molecule has 158 valence electrons. The molecule has 0 radical (unpaired) electrons. The molecule has 1 aromatic carbocycles. The molecule has 3 aromatic rings. The summed E-state index contributed by atoms with van der Waals surface area (Å²) in [5.74, 6) is -0.645. The molecule has 7 nitrogen and oxygen atoms in total. The van der Waals surface area contributed by atoms with Crippen LogP contribution in [-0.4, -0.2) is 34.4 Å². The highest BCUT2D eigenvalue weighted by Gasteiger charge is 2.35. The molecule has 1 aliphatic rings. The van der Waals surface area contributed by atoms with Gasteiger partial charge in [-0.05, 0) is 37.1 Å². The Hall–Kier alpha value is -3.08. The first-order chi connectivity index (χ1) is 14.2. The zero-order chi connectivity index (χ0) is 21.5. The summed E-state index contributed by atoms with van der Waals surface area (Å²) in [6, 6.07) is 6.56. The fraction of sp³-hybridized carbons (Fsp3) is 0.263. The standard InChI is InChI=1S/C19H17F3N4O3S/c20-17-7-13(24-30(28,29)15-3-4-15)1-5-16(17)12-8-23-26(9-12)14-2-6-19(27)25(10-14)11-18(21)22/h1-2,5-10,15,18,24H,3-4,11H2. The second-order valence-corrected chi connectivity index (χ2v) is 8.94. The van der Waals surface area contributed by atoms with Crippen LogP contribution in [0.3, 0.4) is 0 Å². The number of hydrogen-bond acceptors (Lipinski definition) is 4.